The largest absolute Gasteiger partial charge is 0.505 e. The molecule has 0 heterocycles. The predicted octanol–water partition coefficient (Wildman–Crippen LogP) is 6.06. The van der Waals surface area contributed by atoms with Crippen molar-refractivity contribution in [2.24, 2.45) is 5.92 Å². The Labute approximate surface area is 121 Å². The maximum absolute atomic E-state index is 10.7. The van der Waals surface area contributed by atoms with E-state index in [1.807, 2.05) is 0 Å². The highest BCUT2D eigenvalue weighted by molar-refractivity contribution is 7.37. The molecule has 3 heteroatoms. The van der Waals surface area contributed by atoms with Gasteiger partial charge in [-0.3, -0.25) is 0 Å². The molecule has 1 unspecified atom stereocenters. The lowest BCUT2D eigenvalue weighted by molar-refractivity contribution is 0.378. The third-order valence-corrected chi connectivity index (χ3v) is 4.59. The summed E-state index contributed by atoms with van der Waals surface area (Å²) >= 11 is 0. The number of rotatable bonds is 14. The average Bonchev–Trinajstić information content (AvgIpc) is 2.38. The number of hydrogen-bond donors (Lipinski definition) is 1. The van der Waals surface area contributed by atoms with Gasteiger partial charge in [-0.25, -0.2) is 0 Å². The zero-order valence-electron chi connectivity index (χ0n) is 13.1. The molecule has 0 aliphatic heterocycles. The van der Waals surface area contributed by atoms with E-state index in [1.165, 1.54) is 64.2 Å². The van der Waals surface area contributed by atoms with Crippen molar-refractivity contribution in [3.8, 4) is 0 Å². The molecule has 0 spiro atoms. The van der Waals surface area contributed by atoms with E-state index in [4.69, 9.17) is 4.89 Å². The number of hydrogen-bond acceptors (Lipinski definition) is 1. The molecular formula is C16H34O2P+. The van der Waals surface area contributed by atoms with Crippen molar-refractivity contribution in [1.29, 1.82) is 0 Å². The van der Waals surface area contributed by atoms with Gasteiger partial charge in [0.2, 0.25) is 0 Å². The zero-order chi connectivity index (χ0) is 14.3. The SMILES string of the molecule is CCCCCCC(CCCCCC)CCC[P+](=O)O. The van der Waals surface area contributed by atoms with Gasteiger partial charge in [0, 0.05) is 0 Å². The molecule has 0 rings (SSSR count). The molecule has 0 amide bonds. The minimum absolute atomic E-state index is 0.496. The Morgan fingerprint density at radius 1 is 0.789 bits per heavy atom. The van der Waals surface area contributed by atoms with Crippen molar-refractivity contribution >= 4 is 8.03 Å². The number of unbranched alkanes of at least 4 members (excludes halogenated alkanes) is 6. The van der Waals surface area contributed by atoms with Crippen LogP contribution < -0.4 is 0 Å². The summed E-state index contributed by atoms with van der Waals surface area (Å²) in [6.07, 6.45) is 15.9. The summed E-state index contributed by atoms with van der Waals surface area (Å²) in [5, 5.41) is 0. The van der Waals surface area contributed by atoms with Crippen molar-refractivity contribution in [2.75, 3.05) is 6.16 Å². The van der Waals surface area contributed by atoms with Crippen molar-refractivity contribution in [1.82, 2.24) is 0 Å². The maximum atomic E-state index is 10.7. The van der Waals surface area contributed by atoms with Crippen LogP contribution in [0.25, 0.3) is 0 Å². The first-order valence-electron chi connectivity index (χ1n) is 8.34. The minimum atomic E-state index is -1.92. The van der Waals surface area contributed by atoms with E-state index in [0.717, 1.165) is 18.8 Å². The molecule has 114 valence electrons. The van der Waals surface area contributed by atoms with Crippen LogP contribution in [-0.4, -0.2) is 11.1 Å². The summed E-state index contributed by atoms with van der Waals surface area (Å²) < 4.78 is 10.7. The molecule has 0 aromatic rings. The molecule has 0 bridgehead atoms. The Balaban J connectivity index is 3.75. The molecule has 19 heavy (non-hydrogen) atoms. The monoisotopic (exact) mass is 289 g/mol. The van der Waals surface area contributed by atoms with Crippen molar-refractivity contribution in [3.05, 3.63) is 0 Å². The van der Waals surface area contributed by atoms with Crippen LogP contribution in [0.2, 0.25) is 0 Å². The van der Waals surface area contributed by atoms with Gasteiger partial charge in [0.25, 0.3) is 0 Å². The highest BCUT2D eigenvalue weighted by Crippen LogP contribution is 2.25. The molecule has 0 aromatic carbocycles. The Morgan fingerprint density at radius 3 is 1.68 bits per heavy atom. The Bertz CT molecular complexity index is 195. The van der Waals surface area contributed by atoms with Crippen molar-refractivity contribution in [3.63, 3.8) is 0 Å². The first kappa shape index (κ1) is 19.1. The Kier molecular flexibility index (Phi) is 14.5. The first-order valence-corrected chi connectivity index (χ1v) is 9.74. The Hall–Kier alpha value is 0.0600. The zero-order valence-corrected chi connectivity index (χ0v) is 14.0. The fraction of sp³-hybridized carbons (Fsp3) is 1.00. The van der Waals surface area contributed by atoms with Gasteiger partial charge in [-0.2, -0.15) is 4.89 Å². The van der Waals surface area contributed by atoms with Crippen LogP contribution in [0, 0.1) is 5.92 Å². The van der Waals surface area contributed by atoms with Crippen LogP contribution in [0.1, 0.15) is 90.9 Å². The van der Waals surface area contributed by atoms with Crippen LogP contribution >= 0.6 is 8.03 Å². The smallest absolute Gasteiger partial charge is 0.161 e. The lowest BCUT2D eigenvalue weighted by atomic mass is 9.91. The minimum Gasteiger partial charge on any atom is -0.161 e. The molecule has 0 radical (unpaired) electrons. The highest BCUT2D eigenvalue weighted by atomic mass is 31.1. The standard InChI is InChI=1S/C16H33O2P/c1-3-5-7-9-12-16(13-10-8-6-4-2)14-11-15-19(17)18/h16H,3-15H2,1-2H3/p+1. The summed E-state index contributed by atoms with van der Waals surface area (Å²) in [7, 11) is -1.92. The third-order valence-electron chi connectivity index (χ3n) is 3.89. The molecule has 1 atom stereocenters. The van der Waals surface area contributed by atoms with Crippen LogP contribution in [0.4, 0.5) is 0 Å². The van der Waals surface area contributed by atoms with E-state index >= 15 is 0 Å². The molecular weight excluding hydrogens is 255 g/mol. The fourth-order valence-electron chi connectivity index (χ4n) is 2.67. The lowest BCUT2D eigenvalue weighted by Crippen LogP contribution is -2.02. The highest BCUT2D eigenvalue weighted by Gasteiger charge is 2.13. The average molecular weight is 289 g/mol. The van der Waals surface area contributed by atoms with Gasteiger partial charge in [0.05, 0.1) is 0 Å². The lowest BCUT2D eigenvalue weighted by Gasteiger charge is -2.15. The normalized spacial score (nSPS) is 12.1. The summed E-state index contributed by atoms with van der Waals surface area (Å²) in [4.78, 5) is 8.87. The van der Waals surface area contributed by atoms with Crippen molar-refractivity contribution < 1.29 is 9.46 Å². The Morgan fingerprint density at radius 2 is 1.26 bits per heavy atom. The van der Waals surface area contributed by atoms with Gasteiger partial charge in [-0.05, 0) is 23.3 Å². The molecule has 0 fully saturated rings. The summed E-state index contributed by atoms with van der Waals surface area (Å²) in [5.74, 6) is 0.795. The molecule has 0 aliphatic carbocycles. The van der Waals surface area contributed by atoms with Crippen LogP contribution in [0.3, 0.4) is 0 Å². The fourth-order valence-corrected chi connectivity index (χ4v) is 3.12. The molecule has 0 aliphatic rings. The van der Waals surface area contributed by atoms with Gasteiger partial charge >= 0.3 is 8.03 Å². The van der Waals surface area contributed by atoms with E-state index in [1.54, 1.807) is 0 Å². The molecule has 0 saturated heterocycles. The van der Waals surface area contributed by atoms with Crippen LogP contribution in [0.5, 0.6) is 0 Å². The molecule has 0 saturated carbocycles. The third kappa shape index (κ3) is 14.3. The van der Waals surface area contributed by atoms with Gasteiger partial charge in [0.15, 0.2) is 6.16 Å². The summed E-state index contributed by atoms with van der Waals surface area (Å²) in [5.41, 5.74) is 0. The van der Waals surface area contributed by atoms with Crippen LogP contribution in [-0.2, 0) is 4.57 Å². The summed E-state index contributed by atoms with van der Waals surface area (Å²) in [6, 6.07) is 0. The van der Waals surface area contributed by atoms with E-state index < -0.39 is 8.03 Å². The van der Waals surface area contributed by atoms with E-state index in [0.29, 0.717) is 6.16 Å². The molecule has 1 N–H and O–H groups in total. The van der Waals surface area contributed by atoms with Crippen molar-refractivity contribution in [2.45, 2.75) is 90.9 Å². The molecule has 2 nitrogen and oxygen atoms in total. The second-order valence-electron chi connectivity index (χ2n) is 5.78. The first-order chi connectivity index (χ1) is 9.20. The van der Waals surface area contributed by atoms with E-state index in [2.05, 4.69) is 13.8 Å². The summed E-state index contributed by atoms with van der Waals surface area (Å²) in [6.45, 7) is 4.50. The molecule has 0 aromatic heterocycles. The van der Waals surface area contributed by atoms with Gasteiger partial charge < -0.3 is 0 Å². The quantitative estimate of drug-likeness (QED) is 0.312. The van der Waals surface area contributed by atoms with Crippen LogP contribution in [0.15, 0.2) is 0 Å². The van der Waals surface area contributed by atoms with Gasteiger partial charge in [0.1, 0.15) is 0 Å². The van der Waals surface area contributed by atoms with Gasteiger partial charge in [-0.15, -0.1) is 0 Å². The topological polar surface area (TPSA) is 37.3 Å². The second-order valence-corrected chi connectivity index (χ2v) is 6.93. The predicted molar refractivity (Wildman–Crippen MR) is 84.9 cm³/mol. The van der Waals surface area contributed by atoms with E-state index in [-0.39, 0.29) is 0 Å². The van der Waals surface area contributed by atoms with Gasteiger partial charge in [-0.1, -0.05) is 78.1 Å². The van der Waals surface area contributed by atoms with E-state index in [9.17, 15) is 4.57 Å². The maximum Gasteiger partial charge on any atom is 0.505 e. The second kappa shape index (κ2) is 14.5.